The first-order valence-corrected chi connectivity index (χ1v) is 8.34. The standard InChI is InChI=1S/C17H22N2O4/c20-14-5-2-4-13(14)18-7-9-19(10-8-18)17(21)12-3-1-6-15-16(12)23-11-22-15/h1,3,6,13-14,20H,2,4-5,7-11H2/t13-,14-/m0/s1. The topological polar surface area (TPSA) is 62.2 Å². The van der Waals surface area contributed by atoms with Gasteiger partial charge in [0.05, 0.1) is 11.7 Å². The Balaban J connectivity index is 1.42. The molecule has 1 saturated heterocycles. The number of ether oxygens (including phenoxy) is 2. The Morgan fingerprint density at radius 1 is 1.13 bits per heavy atom. The minimum Gasteiger partial charge on any atom is -0.454 e. The number of aliphatic hydroxyl groups is 1. The minimum atomic E-state index is -0.208. The number of aliphatic hydroxyl groups excluding tert-OH is 1. The predicted molar refractivity (Wildman–Crippen MR) is 83.7 cm³/mol. The van der Waals surface area contributed by atoms with E-state index < -0.39 is 0 Å². The van der Waals surface area contributed by atoms with Crippen molar-refractivity contribution in [1.82, 2.24) is 9.80 Å². The van der Waals surface area contributed by atoms with Gasteiger partial charge in [0.2, 0.25) is 6.79 Å². The fraction of sp³-hybridized carbons (Fsp3) is 0.588. The van der Waals surface area contributed by atoms with E-state index in [1.54, 1.807) is 6.07 Å². The number of benzene rings is 1. The molecule has 0 bridgehead atoms. The summed E-state index contributed by atoms with van der Waals surface area (Å²) in [6.07, 6.45) is 2.85. The van der Waals surface area contributed by atoms with Crippen LogP contribution in [0, 0.1) is 0 Å². The summed E-state index contributed by atoms with van der Waals surface area (Å²) in [5.41, 5.74) is 0.578. The Kier molecular flexibility index (Phi) is 3.87. The molecule has 1 aromatic rings. The number of nitrogens with zero attached hydrogens (tertiary/aromatic N) is 2. The maximum absolute atomic E-state index is 12.8. The SMILES string of the molecule is O=C(c1cccc2c1OCO2)N1CCN([C@H]2CCC[C@@H]2O)CC1. The quantitative estimate of drug-likeness (QED) is 0.884. The molecule has 1 saturated carbocycles. The van der Waals surface area contributed by atoms with E-state index in [0.29, 0.717) is 30.2 Å². The molecule has 1 aliphatic carbocycles. The Morgan fingerprint density at radius 2 is 1.96 bits per heavy atom. The van der Waals surface area contributed by atoms with E-state index in [1.807, 2.05) is 17.0 Å². The summed E-state index contributed by atoms with van der Waals surface area (Å²) in [5, 5.41) is 10.0. The van der Waals surface area contributed by atoms with Crippen LogP contribution in [0.15, 0.2) is 18.2 Å². The third kappa shape index (κ3) is 2.66. The molecule has 1 N–H and O–H groups in total. The Bertz CT molecular complexity index is 598. The highest BCUT2D eigenvalue weighted by Gasteiger charge is 2.34. The Hall–Kier alpha value is -1.79. The molecule has 124 valence electrons. The number of carbonyl (C=O) groups excluding carboxylic acids is 1. The largest absolute Gasteiger partial charge is 0.454 e. The van der Waals surface area contributed by atoms with Crippen LogP contribution in [0.2, 0.25) is 0 Å². The van der Waals surface area contributed by atoms with Gasteiger partial charge >= 0.3 is 0 Å². The van der Waals surface area contributed by atoms with E-state index in [4.69, 9.17) is 9.47 Å². The Labute approximate surface area is 135 Å². The van der Waals surface area contributed by atoms with Crippen LogP contribution in [0.3, 0.4) is 0 Å². The molecular formula is C17H22N2O4. The van der Waals surface area contributed by atoms with Gasteiger partial charge in [0, 0.05) is 32.2 Å². The molecule has 0 aromatic heterocycles. The molecule has 1 amide bonds. The fourth-order valence-electron chi connectivity index (χ4n) is 3.87. The number of piperazine rings is 1. The van der Waals surface area contributed by atoms with Crippen molar-refractivity contribution < 1.29 is 19.4 Å². The van der Waals surface area contributed by atoms with Gasteiger partial charge in [-0.15, -0.1) is 0 Å². The lowest BCUT2D eigenvalue weighted by Crippen LogP contribution is -2.53. The molecule has 4 rings (SSSR count). The molecule has 2 aliphatic heterocycles. The van der Waals surface area contributed by atoms with Crippen molar-refractivity contribution in [2.75, 3.05) is 33.0 Å². The molecule has 23 heavy (non-hydrogen) atoms. The number of fused-ring (bicyclic) bond motifs is 1. The summed E-state index contributed by atoms with van der Waals surface area (Å²) in [5.74, 6) is 1.20. The summed E-state index contributed by atoms with van der Waals surface area (Å²) < 4.78 is 10.8. The van der Waals surface area contributed by atoms with E-state index in [0.717, 1.165) is 32.4 Å². The van der Waals surface area contributed by atoms with Crippen LogP contribution in [-0.2, 0) is 0 Å². The van der Waals surface area contributed by atoms with Crippen LogP contribution in [0.1, 0.15) is 29.6 Å². The lowest BCUT2D eigenvalue weighted by molar-refractivity contribution is 0.0314. The van der Waals surface area contributed by atoms with Crippen molar-refractivity contribution in [3.05, 3.63) is 23.8 Å². The van der Waals surface area contributed by atoms with Gasteiger partial charge in [0.15, 0.2) is 11.5 Å². The third-order valence-corrected chi connectivity index (χ3v) is 5.14. The maximum atomic E-state index is 12.8. The van der Waals surface area contributed by atoms with Gasteiger partial charge < -0.3 is 19.5 Å². The summed E-state index contributed by atoms with van der Waals surface area (Å²) in [6, 6.07) is 5.71. The van der Waals surface area contributed by atoms with Crippen LogP contribution < -0.4 is 9.47 Å². The zero-order valence-electron chi connectivity index (χ0n) is 13.1. The van der Waals surface area contributed by atoms with Crippen molar-refractivity contribution in [1.29, 1.82) is 0 Å². The van der Waals surface area contributed by atoms with Crippen molar-refractivity contribution in [2.45, 2.75) is 31.4 Å². The summed E-state index contributed by atoms with van der Waals surface area (Å²) >= 11 is 0. The lowest BCUT2D eigenvalue weighted by atomic mass is 10.1. The molecule has 3 aliphatic rings. The van der Waals surface area contributed by atoms with E-state index in [-0.39, 0.29) is 24.8 Å². The first-order chi connectivity index (χ1) is 11.2. The average molecular weight is 318 g/mol. The van der Waals surface area contributed by atoms with Gasteiger partial charge in [-0.25, -0.2) is 0 Å². The summed E-state index contributed by atoms with van der Waals surface area (Å²) in [7, 11) is 0. The fourth-order valence-corrected chi connectivity index (χ4v) is 3.87. The molecular weight excluding hydrogens is 296 g/mol. The zero-order valence-corrected chi connectivity index (χ0v) is 13.1. The summed E-state index contributed by atoms with van der Waals surface area (Å²) in [4.78, 5) is 17.0. The minimum absolute atomic E-state index is 0.000953. The third-order valence-electron chi connectivity index (χ3n) is 5.14. The Morgan fingerprint density at radius 3 is 2.70 bits per heavy atom. The van der Waals surface area contributed by atoms with Crippen molar-refractivity contribution in [3.63, 3.8) is 0 Å². The number of carbonyl (C=O) groups is 1. The average Bonchev–Trinajstić information content (AvgIpc) is 3.22. The van der Waals surface area contributed by atoms with E-state index in [1.165, 1.54) is 0 Å². The molecule has 0 spiro atoms. The second-order valence-electron chi connectivity index (χ2n) is 6.43. The van der Waals surface area contributed by atoms with Crippen LogP contribution in [0.5, 0.6) is 11.5 Å². The molecule has 6 nitrogen and oxygen atoms in total. The van der Waals surface area contributed by atoms with Gasteiger partial charge in [0.1, 0.15) is 0 Å². The number of rotatable bonds is 2. The van der Waals surface area contributed by atoms with Gasteiger partial charge in [-0.1, -0.05) is 6.07 Å². The molecule has 6 heteroatoms. The van der Waals surface area contributed by atoms with Crippen molar-refractivity contribution in [3.8, 4) is 11.5 Å². The molecule has 0 radical (unpaired) electrons. The van der Waals surface area contributed by atoms with Crippen molar-refractivity contribution in [2.24, 2.45) is 0 Å². The van der Waals surface area contributed by atoms with Gasteiger partial charge in [-0.3, -0.25) is 9.69 Å². The molecule has 2 heterocycles. The highest BCUT2D eigenvalue weighted by molar-refractivity contribution is 5.98. The lowest BCUT2D eigenvalue weighted by Gasteiger charge is -2.39. The normalized spacial score (nSPS) is 27.4. The number of para-hydroxylation sites is 1. The predicted octanol–water partition coefficient (Wildman–Crippen LogP) is 1.09. The monoisotopic (exact) mass is 318 g/mol. The van der Waals surface area contributed by atoms with E-state index >= 15 is 0 Å². The van der Waals surface area contributed by atoms with Gasteiger partial charge in [-0.05, 0) is 31.4 Å². The molecule has 1 aromatic carbocycles. The zero-order chi connectivity index (χ0) is 15.8. The van der Waals surface area contributed by atoms with E-state index in [9.17, 15) is 9.90 Å². The van der Waals surface area contributed by atoms with Crippen LogP contribution >= 0.6 is 0 Å². The van der Waals surface area contributed by atoms with Crippen LogP contribution in [-0.4, -0.2) is 65.9 Å². The maximum Gasteiger partial charge on any atom is 0.257 e. The number of amides is 1. The highest BCUT2D eigenvalue weighted by Crippen LogP contribution is 2.36. The smallest absolute Gasteiger partial charge is 0.257 e. The first-order valence-electron chi connectivity index (χ1n) is 8.34. The molecule has 2 fully saturated rings. The number of hydrogen-bond donors (Lipinski definition) is 1. The first kappa shape index (κ1) is 14.8. The highest BCUT2D eigenvalue weighted by atomic mass is 16.7. The number of hydrogen-bond acceptors (Lipinski definition) is 5. The van der Waals surface area contributed by atoms with Gasteiger partial charge in [0.25, 0.3) is 5.91 Å². The molecule has 2 atom stereocenters. The molecule has 0 unspecified atom stereocenters. The van der Waals surface area contributed by atoms with Gasteiger partial charge in [-0.2, -0.15) is 0 Å². The van der Waals surface area contributed by atoms with Crippen molar-refractivity contribution >= 4 is 5.91 Å². The van der Waals surface area contributed by atoms with Crippen LogP contribution in [0.4, 0.5) is 0 Å². The van der Waals surface area contributed by atoms with E-state index in [2.05, 4.69) is 4.90 Å². The second-order valence-corrected chi connectivity index (χ2v) is 6.43. The summed E-state index contributed by atoms with van der Waals surface area (Å²) in [6.45, 7) is 3.19. The van der Waals surface area contributed by atoms with Crippen LogP contribution in [0.25, 0.3) is 0 Å². The second kappa shape index (κ2) is 6.02.